The molecule has 4 rings (SSSR count). The van der Waals surface area contributed by atoms with Gasteiger partial charge < -0.3 is 29.7 Å². The summed E-state index contributed by atoms with van der Waals surface area (Å²) in [4.78, 5) is 25.4. The van der Waals surface area contributed by atoms with E-state index < -0.39 is 12.1 Å². The number of allylic oxidation sites excluding steroid dienone is 1. The number of anilines is 4. The van der Waals surface area contributed by atoms with Crippen LogP contribution in [0.5, 0.6) is 5.75 Å². The topological polar surface area (TPSA) is 87.5 Å². The van der Waals surface area contributed by atoms with Gasteiger partial charge >= 0.3 is 6.18 Å². The van der Waals surface area contributed by atoms with E-state index in [2.05, 4.69) is 15.6 Å². The Morgan fingerprint density at radius 3 is 2.56 bits per heavy atom. The van der Waals surface area contributed by atoms with Crippen molar-refractivity contribution >= 4 is 39.8 Å². The van der Waals surface area contributed by atoms with E-state index in [9.17, 15) is 18.0 Å². The summed E-state index contributed by atoms with van der Waals surface area (Å²) in [6.07, 6.45) is -0.628. The van der Waals surface area contributed by atoms with Gasteiger partial charge in [0.25, 0.3) is 0 Å². The number of likely N-dealkylation sites (N-methyl/N-ethyl adjacent to an activating group) is 2. The fourth-order valence-electron chi connectivity index (χ4n) is 4.30. The molecule has 0 fully saturated rings. The number of benzene rings is 2. The molecule has 41 heavy (non-hydrogen) atoms. The Morgan fingerprint density at radius 1 is 1.10 bits per heavy atom. The molecule has 2 heterocycles. The van der Waals surface area contributed by atoms with Gasteiger partial charge in [0.2, 0.25) is 11.9 Å². The van der Waals surface area contributed by atoms with E-state index in [0.29, 0.717) is 42.0 Å². The Labute approximate surface area is 236 Å². The van der Waals surface area contributed by atoms with Crippen LogP contribution in [-0.2, 0) is 11.8 Å². The van der Waals surface area contributed by atoms with Gasteiger partial charge in [-0.2, -0.15) is 13.2 Å². The maximum Gasteiger partial charge on any atom is 0.409 e. The Bertz CT molecular complexity index is 1560. The first kappa shape index (κ1) is 29.4. The van der Waals surface area contributed by atoms with Crippen molar-refractivity contribution < 1.29 is 22.7 Å². The van der Waals surface area contributed by atoms with Gasteiger partial charge in [-0.3, -0.25) is 4.79 Å². The van der Waals surface area contributed by atoms with Crippen LogP contribution in [0.3, 0.4) is 0 Å². The zero-order chi connectivity index (χ0) is 29.7. The number of ether oxygens (including phenoxy) is 1. The standard InChI is InChI=1S/C29H32F3N7O2/c1-37(2)14-15-38(3)25-17-26(41-5)23(16-22(25)34-27(40)10-12-29(30,31)32)36-28-33-13-11-21(35-28)20-18-39(4)24-9-7-6-8-19(20)24/h6-13,16-18H,14-15H2,1-5H3,(H,34,40)(H,33,35,36). The number of rotatable bonds is 10. The van der Waals surface area contributed by atoms with Crippen molar-refractivity contribution in [2.45, 2.75) is 6.18 Å². The summed E-state index contributed by atoms with van der Waals surface area (Å²) in [5.74, 6) is -0.216. The second-order valence-electron chi connectivity index (χ2n) is 9.72. The molecular weight excluding hydrogens is 535 g/mol. The van der Waals surface area contributed by atoms with Gasteiger partial charge in [-0.05, 0) is 32.3 Å². The lowest BCUT2D eigenvalue weighted by Gasteiger charge is -2.26. The number of amides is 1. The first-order chi connectivity index (χ1) is 19.4. The second kappa shape index (κ2) is 12.3. The van der Waals surface area contributed by atoms with Crippen LogP contribution in [0.4, 0.5) is 36.2 Å². The molecular formula is C29H32F3N7O2. The van der Waals surface area contributed by atoms with Crippen molar-refractivity contribution in [3.8, 4) is 17.0 Å². The number of carbonyl (C=O) groups excluding carboxylic acids is 1. The Balaban J connectivity index is 1.70. The number of nitrogens with zero attached hydrogens (tertiary/aromatic N) is 5. The predicted octanol–water partition coefficient (Wildman–Crippen LogP) is 5.44. The monoisotopic (exact) mass is 567 g/mol. The number of hydrogen-bond acceptors (Lipinski definition) is 7. The van der Waals surface area contributed by atoms with Crippen molar-refractivity contribution in [2.75, 3.05) is 56.9 Å². The molecule has 0 saturated heterocycles. The van der Waals surface area contributed by atoms with E-state index in [1.807, 2.05) is 79.1 Å². The minimum absolute atomic E-state index is 0.104. The molecule has 2 aromatic heterocycles. The zero-order valence-electron chi connectivity index (χ0n) is 23.5. The number of nitrogens with one attached hydrogen (secondary N) is 2. The van der Waals surface area contributed by atoms with Crippen LogP contribution in [0.2, 0.25) is 0 Å². The number of methoxy groups -OCH3 is 1. The maximum absolute atomic E-state index is 12.7. The third-order valence-electron chi connectivity index (χ3n) is 6.37. The Hall–Kier alpha value is -4.58. The van der Waals surface area contributed by atoms with Crippen molar-refractivity contribution in [3.05, 3.63) is 67.0 Å². The van der Waals surface area contributed by atoms with Crippen LogP contribution in [0, 0.1) is 0 Å². The van der Waals surface area contributed by atoms with Crippen molar-refractivity contribution in [3.63, 3.8) is 0 Å². The Kier molecular flexibility index (Phi) is 8.82. The zero-order valence-corrected chi connectivity index (χ0v) is 23.5. The van der Waals surface area contributed by atoms with Crippen molar-refractivity contribution in [2.24, 2.45) is 7.05 Å². The number of para-hydroxylation sites is 1. The summed E-state index contributed by atoms with van der Waals surface area (Å²) in [6, 6.07) is 13.1. The lowest BCUT2D eigenvalue weighted by Crippen LogP contribution is -2.29. The van der Waals surface area contributed by atoms with Gasteiger partial charge in [0, 0.05) is 74.3 Å². The molecule has 0 spiro atoms. The van der Waals surface area contributed by atoms with Crippen LogP contribution < -0.4 is 20.3 Å². The molecule has 0 saturated carbocycles. The summed E-state index contributed by atoms with van der Waals surface area (Å²) in [5.41, 5.74) is 3.96. The third-order valence-corrected chi connectivity index (χ3v) is 6.37. The third kappa shape index (κ3) is 7.34. The molecule has 9 nitrogen and oxygen atoms in total. The quantitative estimate of drug-likeness (QED) is 0.247. The van der Waals surface area contributed by atoms with Crippen LogP contribution in [-0.4, -0.2) is 72.9 Å². The van der Waals surface area contributed by atoms with Crippen LogP contribution in [0.25, 0.3) is 22.2 Å². The second-order valence-corrected chi connectivity index (χ2v) is 9.72. The van der Waals surface area contributed by atoms with E-state index in [0.717, 1.165) is 16.5 Å². The number of aromatic nitrogens is 3. The molecule has 12 heteroatoms. The summed E-state index contributed by atoms with van der Waals surface area (Å²) < 4.78 is 45.6. The summed E-state index contributed by atoms with van der Waals surface area (Å²) in [6.45, 7) is 1.29. The minimum atomic E-state index is -4.61. The molecule has 0 bridgehead atoms. The van der Waals surface area contributed by atoms with Crippen molar-refractivity contribution in [1.82, 2.24) is 19.4 Å². The lowest BCUT2D eigenvalue weighted by molar-refractivity contribution is -0.112. The van der Waals surface area contributed by atoms with Crippen LogP contribution >= 0.6 is 0 Å². The highest BCUT2D eigenvalue weighted by Crippen LogP contribution is 2.38. The number of alkyl halides is 3. The molecule has 0 aliphatic rings. The molecule has 0 unspecified atom stereocenters. The van der Waals surface area contributed by atoms with Crippen LogP contribution in [0.15, 0.2) is 67.0 Å². The molecule has 216 valence electrons. The lowest BCUT2D eigenvalue weighted by atomic mass is 10.1. The number of hydrogen-bond donors (Lipinski definition) is 2. The first-order valence-corrected chi connectivity index (χ1v) is 12.7. The van der Waals surface area contributed by atoms with Gasteiger partial charge in [-0.25, -0.2) is 9.97 Å². The summed E-state index contributed by atoms with van der Waals surface area (Å²) >= 11 is 0. The SMILES string of the molecule is COc1cc(N(C)CCN(C)C)c(NC(=O)C=CC(F)(F)F)cc1Nc1nccc(-c2cn(C)c3ccccc23)n1. The highest BCUT2D eigenvalue weighted by molar-refractivity contribution is 6.02. The van der Waals surface area contributed by atoms with Gasteiger partial charge in [-0.15, -0.1) is 0 Å². The normalized spacial score (nSPS) is 11.8. The molecule has 2 N–H and O–H groups in total. The van der Waals surface area contributed by atoms with Gasteiger partial charge in [-0.1, -0.05) is 18.2 Å². The van der Waals surface area contributed by atoms with Gasteiger partial charge in [0.15, 0.2) is 0 Å². The molecule has 0 radical (unpaired) electrons. The molecule has 2 aromatic carbocycles. The van der Waals surface area contributed by atoms with Gasteiger partial charge in [0.05, 0.1) is 29.9 Å². The number of aryl methyl sites for hydroxylation is 1. The van der Waals surface area contributed by atoms with E-state index in [-0.39, 0.29) is 17.7 Å². The smallest absolute Gasteiger partial charge is 0.409 e. The molecule has 4 aromatic rings. The fourth-order valence-corrected chi connectivity index (χ4v) is 4.30. The van der Waals surface area contributed by atoms with E-state index in [4.69, 9.17) is 9.72 Å². The number of carbonyl (C=O) groups is 1. The summed E-state index contributed by atoms with van der Waals surface area (Å²) in [5, 5.41) is 6.75. The fraction of sp³-hybridized carbons (Fsp3) is 0.276. The van der Waals surface area contributed by atoms with Gasteiger partial charge in [0.1, 0.15) is 5.75 Å². The van der Waals surface area contributed by atoms with E-state index in [1.54, 1.807) is 18.3 Å². The largest absolute Gasteiger partial charge is 0.494 e. The van der Waals surface area contributed by atoms with E-state index >= 15 is 0 Å². The predicted molar refractivity (Wildman–Crippen MR) is 156 cm³/mol. The maximum atomic E-state index is 12.7. The first-order valence-electron chi connectivity index (χ1n) is 12.7. The molecule has 0 atom stereocenters. The molecule has 0 aliphatic carbocycles. The summed E-state index contributed by atoms with van der Waals surface area (Å²) in [7, 11) is 9.15. The highest BCUT2D eigenvalue weighted by Gasteiger charge is 2.23. The highest BCUT2D eigenvalue weighted by atomic mass is 19.4. The minimum Gasteiger partial charge on any atom is -0.494 e. The van der Waals surface area contributed by atoms with Crippen molar-refractivity contribution in [1.29, 1.82) is 0 Å². The average molecular weight is 568 g/mol. The average Bonchev–Trinajstić information content (AvgIpc) is 3.27. The molecule has 1 amide bonds. The number of halogens is 3. The van der Waals surface area contributed by atoms with Crippen LogP contribution in [0.1, 0.15) is 0 Å². The van der Waals surface area contributed by atoms with E-state index in [1.165, 1.54) is 7.11 Å². The Morgan fingerprint density at radius 2 is 1.85 bits per heavy atom. The number of fused-ring (bicyclic) bond motifs is 1. The molecule has 0 aliphatic heterocycles.